The summed E-state index contributed by atoms with van der Waals surface area (Å²) in [5, 5.41) is 10.3. The average Bonchev–Trinajstić information content (AvgIpc) is 2.74. The van der Waals surface area contributed by atoms with Gasteiger partial charge in [0.2, 0.25) is 0 Å². The topological polar surface area (TPSA) is 93.6 Å². The molecule has 3 rings (SSSR count). The minimum absolute atomic E-state index is 0.442. The molecule has 0 spiro atoms. The van der Waals surface area contributed by atoms with E-state index in [1.54, 1.807) is 6.20 Å². The molecular weight excluding hydrogens is 194 g/mol. The predicted molar refractivity (Wildman–Crippen MR) is 52.7 cm³/mol. The molecule has 0 atom stereocenters. The molecule has 0 amide bonds. The summed E-state index contributed by atoms with van der Waals surface area (Å²) >= 11 is 0. The van der Waals surface area contributed by atoms with Crippen LogP contribution in [0.4, 0.5) is 5.82 Å². The van der Waals surface area contributed by atoms with Crippen LogP contribution in [-0.4, -0.2) is 20.3 Å². The van der Waals surface area contributed by atoms with Crippen molar-refractivity contribution in [3.63, 3.8) is 0 Å². The van der Waals surface area contributed by atoms with E-state index in [9.17, 15) is 0 Å². The van der Waals surface area contributed by atoms with Crippen LogP contribution < -0.4 is 5.73 Å². The number of aromatic nitrogens is 4. The number of hydrogen-bond donors (Lipinski definition) is 2. The van der Waals surface area contributed by atoms with Crippen LogP contribution in [0.1, 0.15) is 18.7 Å². The van der Waals surface area contributed by atoms with Crippen molar-refractivity contribution in [1.82, 2.24) is 20.3 Å². The van der Waals surface area contributed by atoms with Crippen molar-refractivity contribution in [3.05, 3.63) is 12.0 Å². The van der Waals surface area contributed by atoms with Gasteiger partial charge in [-0.2, -0.15) is 10.1 Å². The smallest absolute Gasteiger partial charge is 0.263 e. The highest BCUT2D eigenvalue weighted by Gasteiger charge is 2.24. The lowest BCUT2D eigenvalue weighted by molar-refractivity contribution is 0.421. The van der Waals surface area contributed by atoms with Crippen molar-refractivity contribution < 1.29 is 4.52 Å². The first kappa shape index (κ1) is 8.46. The fourth-order valence-electron chi connectivity index (χ4n) is 1.49. The number of anilines is 1. The third kappa shape index (κ3) is 1.58. The Bertz CT molecular complexity index is 470. The number of nitrogen functional groups attached to an aromatic ring is 1. The molecule has 0 unspecified atom stereocenters. The summed E-state index contributed by atoms with van der Waals surface area (Å²) < 4.78 is 5.12. The van der Waals surface area contributed by atoms with Crippen LogP contribution in [-0.2, 0) is 6.42 Å². The highest BCUT2D eigenvalue weighted by atomic mass is 16.5. The van der Waals surface area contributed by atoms with Gasteiger partial charge in [0, 0.05) is 6.42 Å². The van der Waals surface area contributed by atoms with Crippen LogP contribution in [0, 0.1) is 5.92 Å². The monoisotopic (exact) mass is 205 g/mol. The third-order valence-electron chi connectivity index (χ3n) is 2.54. The van der Waals surface area contributed by atoms with Crippen LogP contribution >= 0.6 is 0 Å². The van der Waals surface area contributed by atoms with Crippen molar-refractivity contribution in [2.45, 2.75) is 19.3 Å². The summed E-state index contributed by atoms with van der Waals surface area (Å²) in [6, 6.07) is 0. The highest BCUT2D eigenvalue weighted by Crippen LogP contribution is 2.32. The van der Waals surface area contributed by atoms with Crippen molar-refractivity contribution in [3.8, 4) is 11.5 Å². The summed E-state index contributed by atoms with van der Waals surface area (Å²) in [7, 11) is 0. The van der Waals surface area contributed by atoms with E-state index >= 15 is 0 Å². The van der Waals surface area contributed by atoms with Gasteiger partial charge in [-0.05, 0) is 18.8 Å². The maximum absolute atomic E-state index is 5.65. The van der Waals surface area contributed by atoms with Gasteiger partial charge in [-0.15, -0.1) is 0 Å². The van der Waals surface area contributed by atoms with E-state index in [2.05, 4.69) is 20.3 Å². The maximum Gasteiger partial charge on any atom is 0.263 e. The minimum atomic E-state index is 0.442. The Morgan fingerprint density at radius 1 is 1.53 bits per heavy atom. The molecule has 6 nitrogen and oxygen atoms in total. The van der Waals surface area contributed by atoms with Crippen LogP contribution in [0.25, 0.3) is 11.5 Å². The lowest BCUT2D eigenvalue weighted by atomic mass is 10.3. The van der Waals surface area contributed by atoms with Crippen LogP contribution in [0.15, 0.2) is 10.7 Å². The van der Waals surface area contributed by atoms with Gasteiger partial charge >= 0.3 is 0 Å². The largest absolute Gasteiger partial charge is 0.383 e. The Balaban J connectivity index is 1.86. The van der Waals surface area contributed by atoms with Gasteiger partial charge in [0.15, 0.2) is 5.82 Å². The van der Waals surface area contributed by atoms with Crippen LogP contribution in [0.3, 0.4) is 0 Å². The fraction of sp³-hybridized carbons (Fsp3) is 0.444. The zero-order valence-electron chi connectivity index (χ0n) is 8.10. The molecule has 3 N–H and O–H groups in total. The van der Waals surface area contributed by atoms with Crippen LogP contribution in [0.2, 0.25) is 0 Å². The van der Waals surface area contributed by atoms with E-state index in [4.69, 9.17) is 10.3 Å². The zero-order valence-corrected chi connectivity index (χ0v) is 8.10. The number of rotatable bonds is 3. The van der Waals surface area contributed by atoms with E-state index in [0.29, 0.717) is 17.3 Å². The molecule has 1 saturated carbocycles. The summed E-state index contributed by atoms with van der Waals surface area (Å²) in [4.78, 5) is 4.28. The Labute approximate surface area is 85.9 Å². The number of nitrogens with one attached hydrogen (secondary N) is 1. The first-order chi connectivity index (χ1) is 7.33. The normalized spacial score (nSPS) is 15.7. The number of H-pyrrole nitrogens is 1. The van der Waals surface area contributed by atoms with Gasteiger partial charge < -0.3 is 10.3 Å². The summed E-state index contributed by atoms with van der Waals surface area (Å²) in [6.45, 7) is 0. The minimum Gasteiger partial charge on any atom is -0.383 e. The molecule has 2 aromatic heterocycles. The summed E-state index contributed by atoms with van der Waals surface area (Å²) in [6.07, 6.45) is 5.04. The van der Waals surface area contributed by atoms with Gasteiger partial charge in [0.25, 0.3) is 5.89 Å². The summed E-state index contributed by atoms with van der Waals surface area (Å²) in [5.41, 5.74) is 6.32. The Morgan fingerprint density at radius 2 is 2.40 bits per heavy atom. The van der Waals surface area contributed by atoms with Gasteiger partial charge in [-0.1, -0.05) is 5.16 Å². The first-order valence-corrected chi connectivity index (χ1v) is 4.94. The van der Waals surface area contributed by atoms with Gasteiger partial charge in [-0.25, -0.2) is 0 Å². The first-order valence-electron chi connectivity index (χ1n) is 4.94. The molecule has 0 aliphatic heterocycles. The van der Waals surface area contributed by atoms with E-state index in [1.807, 2.05) is 0 Å². The van der Waals surface area contributed by atoms with Crippen molar-refractivity contribution in [1.29, 1.82) is 0 Å². The molecular formula is C9H11N5O. The zero-order chi connectivity index (χ0) is 10.3. The second kappa shape index (κ2) is 3.08. The van der Waals surface area contributed by atoms with E-state index < -0.39 is 0 Å². The maximum atomic E-state index is 5.65. The average molecular weight is 205 g/mol. The second-order valence-electron chi connectivity index (χ2n) is 3.86. The molecule has 1 aliphatic rings. The van der Waals surface area contributed by atoms with E-state index in [1.165, 1.54) is 12.8 Å². The molecule has 0 radical (unpaired) electrons. The highest BCUT2D eigenvalue weighted by molar-refractivity contribution is 5.65. The molecule has 15 heavy (non-hydrogen) atoms. The van der Waals surface area contributed by atoms with Crippen LogP contribution in [0.5, 0.6) is 0 Å². The Hall–Kier alpha value is -1.85. The molecule has 0 bridgehead atoms. The van der Waals surface area contributed by atoms with Crippen molar-refractivity contribution >= 4 is 5.82 Å². The molecule has 2 aromatic rings. The lowest BCUT2D eigenvalue weighted by Gasteiger charge is -1.88. The molecule has 78 valence electrons. The predicted octanol–water partition coefficient (Wildman–Crippen LogP) is 0.994. The molecule has 0 saturated heterocycles. The lowest BCUT2D eigenvalue weighted by Crippen LogP contribution is -1.90. The molecule has 6 heteroatoms. The summed E-state index contributed by atoms with van der Waals surface area (Å²) in [5.74, 6) is 2.40. The third-order valence-corrected chi connectivity index (χ3v) is 2.54. The fourth-order valence-corrected chi connectivity index (χ4v) is 1.49. The second-order valence-corrected chi connectivity index (χ2v) is 3.86. The number of hydrogen-bond acceptors (Lipinski definition) is 5. The number of nitrogens with two attached hydrogens (primary N) is 1. The van der Waals surface area contributed by atoms with Crippen molar-refractivity contribution in [2.24, 2.45) is 5.92 Å². The number of nitrogens with zero attached hydrogens (tertiary/aromatic N) is 3. The Kier molecular flexibility index (Phi) is 1.74. The molecule has 1 aliphatic carbocycles. The van der Waals surface area contributed by atoms with Gasteiger partial charge in [0.1, 0.15) is 11.4 Å². The molecule has 0 aromatic carbocycles. The van der Waals surface area contributed by atoms with E-state index in [0.717, 1.165) is 18.2 Å². The van der Waals surface area contributed by atoms with Gasteiger partial charge in [-0.3, -0.25) is 5.10 Å². The SMILES string of the molecule is Nc1[nH]ncc1-c1nc(CC2CC2)no1. The van der Waals surface area contributed by atoms with Gasteiger partial charge in [0.05, 0.1) is 6.20 Å². The molecule has 2 heterocycles. The number of aromatic amines is 1. The Morgan fingerprint density at radius 3 is 3.07 bits per heavy atom. The molecule has 1 fully saturated rings. The van der Waals surface area contributed by atoms with Crippen molar-refractivity contribution in [2.75, 3.05) is 5.73 Å². The quantitative estimate of drug-likeness (QED) is 0.779. The van der Waals surface area contributed by atoms with E-state index in [-0.39, 0.29) is 0 Å². The standard InChI is InChI=1S/C9H11N5O/c10-8-6(4-11-13-8)9-12-7(14-15-9)3-5-1-2-5/h4-5H,1-3H2,(H3,10,11,13).